The Balaban J connectivity index is 3.09. The Kier molecular flexibility index (Phi) is 7.56. The van der Waals surface area contributed by atoms with Crippen molar-refractivity contribution in [1.29, 1.82) is 0 Å². The summed E-state index contributed by atoms with van der Waals surface area (Å²) in [4.78, 5) is 13.3. The zero-order chi connectivity index (χ0) is 17.5. The van der Waals surface area contributed by atoms with Gasteiger partial charge in [-0.1, -0.05) is 11.8 Å². The Morgan fingerprint density at radius 2 is 1.87 bits per heavy atom. The second kappa shape index (κ2) is 8.92. The number of hydrogen-bond donors (Lipinski definition) is 1. The molecular weight excluding hydrogens is 314 g/mol. The fourth-order valence-electron chi connectivity index (χ4n) is 1.81. The third-order valence-corrected chi connectivity index (χ3v) is 3.79. The highest BCUT2D eigenvalue weighted by atomic mass is 32.1. The molecule has 1 N–H and O–H groups in total. The first kappa shape index (κ1) is 19.5. The van der Waals surface area contributed by atoms with Crippen molar-refractivity contribution in [2.75, 3.05) is 39.9 Å². The van der Waals surface area contributed by atoms with E-state index in [9.17, 15) is 4.79 Å². The number of carbonyl (C=O) groups excluding carboxylic acids is 1. The summed E-state index contributed by atoms with van der Waals surface area (Å²) in [6, 6.07) is 1.81. The molecule has 0 saturated carbocycles. The van der Waals surface area contributed by atoms with Gasteiger partial charge in [0.1, 0.15) is 4.88 Å². The molecule has 0 atom stereocenters. The molecule has 0 saturated heterocycles. The lowest BCUT2D eigenvalue weighted by atomic mass is 9.98. The average Bonchev–Trinajstić information content (AvgIpc) is 2.87. The van der Waals surface area contributed by atoms with Gasteiger partial charge in [-0.05, 0) is 26.8 Å². The fourth-order valence-corrected chi connectivity index (χ4v) is 2.70. The first-order chi connectivity index (χ1) is 10.8. The molecule has 0 bridgehead atoms. The fraction of sp³-hybridized carbons (Fsp3) is 0.588. The normalized spacial score (nSPS) is 11.1. The number of nitrogens with one attached hydrogen (secondary N) is 1. The van der Waals surface area contributed by atoms with Crippen LogP contribution in [0.4, 0.5) is 5.69 Å². The van der Waals surface area contributed by atoms with E-state index in [-0.39, 0.29) is 17.4 Å². The number of rotatable bonds is 7. The summed E-state index contributed by atoms with van der Waals surface area (Å²) in [5.74, 6) is 5.91. The monoisotopic (exact) mass is 339 g/mol. The Morgan fingerprint density at radius 1 is 1.26 bits per heavy atom. The molecule has 0 fully saturated rings. The van der Waals surface area contributed by atoms with Crippen LogP contribution < -0.4 is 5.32 Å². The summed E-state index contributed by atoms with van der Waals surface area (Å²) < 4.78 is 15.2. The summed E-state index contributed by atoms with van der Waals surface area (Å²) in [5, 5.41) is 3.27. The van der Waals surface area contributed by atoms with Crippen LogP contribution in [0.2, 0.25) is 0 Å². The maximum absolute atomic E-state index is 12.0. The zero-order valence-corrected chi connectivity index (χ0v) is 15.4. The summed E-state index contributed by atoms with van der Waals surface area (Å²) in [6.45, 7) is 7.06. The van der Waals surface area contributed by atoms with Gasteiger partial charge in [-0.2, -0.15) is 0 Å². The molecule has 1 heterocycles. The topological polar surface area (TPSA) is 56.8 Å². The number of ether oxygens (including phenoxy) is 3. The molecule has 128 valence electrons. The predicted octanol–water partition coefficient (Wildman–Crippen LogP) is 3.01. The third-order valence-electron chi connectivity index (χ3n) is 2.76. The van der Waals surface area contributed by atoms with Crippen molar-refractivity contribution >= 4 is 23.0 Å². The summed E-state index contributed by atoms with van der Waals surface area (Å²) >= 11 is 1.32. The van der Waals surface area contributed by atoms with Gasteiger partial charge in [0.05, 0.1) is 36.9 Å². The second-order valence-electron chi connectivity index (χ2n) is 6.10. The Bertz CT molecular complexity index is 572. The van der Waals surface area contributed by atoms with Crippen molar-refractivity contribution in [3.8, 4) is 11.8 Å². The number of thiophene rings is 1. The molecule has 0 aliphatic rings. The lowest BCUT2D eigenvalue weighted by Gasteiger charge is -2.18. The molecule has 5 nitrogen and oxygen atoms in total. The molecule has 6 heteroatoms. The highest BCUT2D eigenvalue weighted by molar-refractivity contribution is 7.15. The van der Waals surface area contributed by atoms with E-state index in [0.29, 0.717) is 23.8 Å². The van der Waals surface area contributed by atoms with Crippen LogP contribution in [-0.2, 0) is 14.2 Å². The molecule has 0 aliphatic carbocycles. The molecule has 1 rings (SSSR count). The minimum atomic E-state index is -0.380. The van der Waals surface area contributed by atoms with Gasteiger partial charge in [-0.15, -0.1) is 11.3 Å². The van der Waals surface area contributed by atoms with Crippen molar-refractivity contribution in [1.82, 2.24) is 0 Å². The van der Waals surface area contributed by atoms with E-state index in [4.69, 9.17) is 14.2 Å². The van der Waals surface area contributed by atoms with Crippen molar-refractivity contribution in [3.63, 3.8) is 0 Å². The van der Waals surface area contributed by atoms with Gasteiger partial charge in [0.15, 0.2) is 0 Å². The van der Waals surface area contributed by atoms with E-state index in [1.165, 1.54) is 18.4 Å². The minimum absolute atomic E-state index is 0.0635. The first-order valence-corrected chi connectivity index (χ1v) is 8.12. The highest BCUT2D eigenvalue weighted by Gasteiger charge is 2.19. The van der Waals surface area contributed by atoms with E-state index in [0.717, 1.165) is 4.88 Å². The molecule has 1 aromatic heterocycles. The van der Waals surface area contributed by atoms with Crippen LogP contribution in [0, 0.1) is 17.3 Å². The van der Waals surface area contributed by atoms with Crippen LogP contribution in [0.3, 0.4) is 0 Å². The van der Waals surface area contributed by atoms with Gasteiger partial charge in [0.2, 0.25) is 0 Å². The van der Waals surface area contributed by atoms with E-state index < -0.39 is 0 Å². The van der Waals surface area contributed by atoms with Crippen LogP contribution in [0.1, 0.15) is 35.3 Å². The second-order valence-corrected chi connectivity index (χ2v) is 7.15. The first-order valence-electron chi connectivity index (χ1n) is 7.30. The maximum atomic E-state index is 12.0. The number of esters is 1. The number of carbonyl (C=O) groups is 1. The molecule has 0 radical (unpaired) electrons. The predicted molar refractivity (Wildman–Crippen MR) is 93.2 cm³/mol. The summed E-state index contributed by atoms with van der Waals surface area (Å²) in [7, 11) is 4.62. The van der Waals surface area contributed by atoms with E-state index in [1.54, 1.807) is 14.2 Å². The number of hydrogen-bond acceptors (Lipinski definition) is 6. The van der Waals surface area contributed by atoms with Crippen LogP contribution in [0.15, 0.2) is 6.07 Å². The van der Waals surface area contributed by atoms with Gasteiger partial charge in [-0.3, -0.25) is 0 Å². The smallest absolute Gasteiger partial charge is 0.350 e. The minimum Gasteiger partial charge on any atom is -0.465 e. The van der Waals surface area contributed by atoms with E-state index in [2.05, 4.69) is 17.2 Å². The average molecular weight is 339 g/mol. The Morgan fingerprint density at radius 3 is 2.35 bits per heavy atom. The molecule has 0 unspecified atom stereocenters. The highest BCUT2D eigenvalue weighted by Crippen LogP contribution is 2.28. The van der Waals surface area contributed by atoms with Gasteiger partial charge < -0.3 is 19.5 Å². The lowest BCUT2D eigenvalue weighted by Crippen LogP contribution is -2.30. The summed E-state index contributed by atoms with van der Waals surface area (Å²) in [5.41, 5.74) is 0.594. The van der Waals surface area contributed by atoms with Gasteiger partial charge in [-0.25, -0.2) is 4.79 Å². The molecule has 0 aliphatic heterocycles. The van der Waals surface area contributed by atoms with Crippen molar-refractivity contribution in [2.45, 2.75) is 26.8 Å². The van der Waals surface area contributed by atoms with Crippen molar-refractivity contribution in [3.05, 3.63) is 15.8 Å². The van der Waals surface area contributed by atoms with Gasteiger partial charge in [0, 0.05) is 19.6 Å². The molecule has 1 aromatic rings. The quantitative estimate of drug-likeness (QED) is 0.611. The van der Waals surface area contributed by atoms with Crippen LogP contribution >= 0.6 is 11.3 Å². The molecule has 23 heavy (non-hydrogen) atoms. The van der Waals surface area contributed by atoms with Crippen molar-refractivity contribution in [2.24, 2.45) is 5.41 Å². The SMILES string of the molecule is COCC(COC)Nc1cc(C#CC(C)(C)C)sc1C(=O)OC. The van der Waals surface area contributed by atoms with Crippen LogP contribution in [0.25, 0.3) is 0 Å². The van der Waals surface area contributed by atoms with E-state index in [1.807, 2.05) is 26.8 Å². The summed E-state index contributed by atoms with van der Waals surface area (Å²) in [6.07, 6.45) is 0. The molecule has 0 spiro atoms. The van der Waals surface area contributed by atoms with Crippen molar-refractivity contribution < 1.29 is 19.0 Å². The molecule has 0 aromatic carbocycles. The molecular formula is C17H25NO4S. The zero-order valence-electron chi connectivity index (χ0n) is 14.6. The van der Waals surface area contributed by atoms with E-state index >= 15 is 0 Å². The van der Waals surface area contributed by atoms with Crippen LogP contribution in [0.5, 0.6) is 0 Å². The number of methoxy groups -OCH3 is 3. The third kappa shape index (κ3) is 6.61. The standard InChI is InChI=1S/C17H25NO4S/c1-17(2,3)8-7-13-9-14(15(23-13)16(19)22-6)18-12(10-20-4)11-21-5/h9,12,18H,10-11H2,1-6H3. The number of anilines is 1. The largest absolute Gasteiger partial charge is 0.465 e. The Labute approximate surface area is 142 Å². The molecule has 0 amide bonds. The Hall–Kier alpha value is -1.55. The van der Waals surface area contributed by atoms with Crippen LogP contribution in [-0.4, -0.2) is 46.6 Å². The lowest BCUT2D eigenvalue weighted by molar-refractivity contribution is 0.0607. The maximum Gasteiger partial charge on any atom is 0.350 e. The van der Waals surface area contributed by atoms with Gasteiger partial charge >= 0.3 is 5.97 Å². The van der Waals surface area contributed by atoms with Gasteiger partial charge in [0.25, 0.3) is 0 Å².